The standard InChI is InChI=1S/C13H11N3O2S/c1-16-7-14-11-10(15-19-12(11)13(16)17)8-3-5-9(18-2)6-4-8/h3-7H,1-2H3. The molecule has 0 N–H and O–H groups in total. The number of nitrogens with zero attached hydrogens (tertiary/aromatic N) is 3. The Kier molecular flexibility index (Phi) is 2.79. The molecule has 0 amide bonds. The van der Waals surface area contributed by atoms with Gasteiger partial charge in [-0.3, -0.25) is 4.79 Å². The molecule has 0 aliphatic rings. The van der Waals surface area contributed by atoms with E-state index in [0.29, 0.717) is 10.2 Å². The number of fused-ring (bicyclic) bond motifs is 1. The van der Waals surface area contributed by atoms with Crippen molar-refractivity contribution in [2.45, 2.75) is 0 Å². The molecule has 5 nitrogen and oxygen atoms in total. The number of benzene rings is 1. The molecule has 0 aliphatic heterocycles. The second-order valence-corrected chi connectivity index (χ2v) is 4.87. The second-order valence-electron chi connectivity index (χ2n) is 4.10. The zero-order valence-electron chi connectivity index (χ0n) is 10.5. The van der Waals surface area contributed by atoms with E-state index in [0.717, 1.165) is 17.0 Å². The number of aryl methyl sites for hydroxylation is 1. The van der Waals surface area contributed by atoms with E-state index in [1.54, 1.807) is 14.2 Å². The molecule has 2 heterocycles. The van der Waals surface area contributed by atoms with E-state index in [1.807, 2.05) is 24.3 Å². The van der Waals surface area contributed by atoms with E-state index in [1.165, 1.54) is 22.4 Å². The Morgan fingerprint density at radius 2 is 2.00 bits per heavy atom. The Labute approximate surface area is 113 Å². The van der Waals surface area contributed by atoms with Gasteiger partial charge >= 0.3 is 0 Å². The highest BCUT2D eigenvalue weighted by atomic mass is 32.1. The fourth-order valence-corrected chi connectivity index (χ4v) is 2.67. The van der Waals surface area contributed by atoms with Gasteiger partial charge in [0.2, 0.25) is 0 Å². The van der Waals surface area contributed by atoms with Gasteiger partial charge in [0.05, 0.1) is 13.4 Å². The van der Waals surface area contributed by atoms with Crippen molar-refractivity contribution in [1.82, 2.24) is 13.9 Å². The van der Waals surface area contributed by atoms with Gasteiger partial charge in [0, 0.05) is 12.6 Å². The molecule has 0 saturated heterocycles. The van der Waals surface area contributed by atoms with Crippen molar-refractivity contribution >= 4 is 21.7 Å². The summed E-state index contributed by atoms with van der Waals surface area (Å²) >= 11 is 1.18. The van der Waals surface area contributed by atoms with E-state index >= 15 is 0 Å². The number of methoxy groups -OCH3 is 1. The van der Waals surface area contributed by atoms with Crippen molar-refractivity contribution in [2.24, 2.45) is 7.05 Å². The molecule has 0 fully saturated rings. The van der Waals surface area contributed by atoms with Gasteiger partial charge < -0.3 is 9.30 Å². The molecule has 3 rings (SSSR count). The smallest absolute Gasteiger partial charge is 0.272 e. The Morgan fingerprint density at radius 3 is 2.68 bits per heavy atom. The van der Waals surface area contributed by atoms with Gasteiger partial charge in [-0.05, 0) is 35.8 Å². The highest BCUT2D eigenvalue weighted by Crippen LogP contribution is 2.28. The van der Waals surface area contributed by atoms with Gasteiger partial charge in [-0.25, -0.2) is 4.98 Å². The first-order chi connectivity index (χ1) is 9.20. The van der Waals surface area contributed by atoms with Crippen LogP contribution in [0.5, 0.6) is 5.75 Å². The molecule has 19 heavy (non-hydrogen) atoms. The van der Waals surface area contributed by atoms with Crippen molar-refractivity contribution in [3.8, 4) is 17.0 Å². The number of rotatable bonds is 2. The maximum atomic E-state index is 11.9. The molecule has 3 aromatic rings. The van der Waals surface area contributed by atoms with E-state index in [-0.39, 0.29) is 5.56 Å². The minimum absolute atomic E-state index is 0.0674. The van der Waals surface area contributed by atoms with Crippen LogP contribution in [0.4, 0.5) is 0 Å². The van der Waals surface area contributed by atoms with Crippen LogP contribution in [0.1, 0.15) is 0 Å². The molecule has 0 radical (unpaired) electrons. The van der Waals surface area contributed by atoms with E-state index < -0.39 is 0 Å². The van der Waals surface area contributed by atoms with Crippen LogP contribution in [-0.2, 0) is 7.05 Å². The maximum absolute atomic E-state index is 11.9. The number of hydrogen-bond donors (Lipinski definition) is 0. The van der Waals surface area contributed by atoms with Crippen LogP contribution < -0.4 is 10.3 Å². The van der Waals surface area contributed by atoms with Crippen LogP contribution in [-0.4, -0.2) is 21.0 Å². The van der Waals surface area contributed by atoms with Gasteiger partial charge in [0.25, 0.3) is 5.56 Å². The Balaban J connectivity index is 2.20. The average Bonchev–Trinajstić information content (AvgIpc) is 2.87. The van der Waals surface area contributed by atoms with Crippen LogP contribution in [0, 0.1) is 0 Å². The van der Waals surface area contributed by atoms with Crippen LogP contribution in [0.3, 0.4) is 0 Å². The van der Waals surface area contributed by atoms with Crippen molar-refractivity contribution in [2.75, 3.05) is 7.11 Å². The van der Waals surface area contributed by atoms with Crippen molar-refractivity contribution in [3.05, 3.63) is 40.9 Å². The summed E-state index contributed by atoms with van der Waals surface area (Å²) in [6.45, 7) is 0. The Bertz CT molecular complexity index is 790. The largest absolute Gasteiger partial charge is 0.497 e. The van der Waals surface area contributed by atoms with Crippen LogP contribution >= 0.6 is 11.5 Å². The first kappa shape index (κ1) is 11.9. The van der Waals surface area contributed by atoms with Crippen molar-refractivity contribution in [1.29, 1.82) is 0 Å². The van der Waals surface area contributed by atoms with Crippen LogP contribution in [0.25, 0.3) is 21.5 Å². The monoisotopic (exact) mass is 273 g/mol. The molecular weight excluding hydrogens is 262 g/mol. The van der Waals surface area contributed by atoms with Gasteiger partial charge in [-0.2, -0.15) is 4.37 Å². The first-order valence-corrected chi connectivity index (χ1v) is 6.43. The van der Waals surface area contributed by atoms with Gasteiger partial charge in [0.15, 0.2) is 0 Å². The number of aromatic nitrogens is 3. The van der Waals surface area contributed by atoms with Gasteiger partial charge in [-0.15, -0.1) is 0 Å². The molecule has 6 heteroatoms. The van der Waals surface area contributed by atoms with Gasteiger partial charge in [0.1, 0.15) is 21.7 Å². The first-order valence-electron chi connectivity index (χ1n) is 5.66. The molecule has 0 unspecified atom stereocenters. The lowest BCUT2D eigenvalue weighted by molar-refractivity contribution is 0.415. The summed E-state index contributed by atoms with van der Waals surface area (Å²) in [5.41, 5.74) is 2.24. The zero-order valence-corrected chi connectivity index (χ0v) is 11.3. The summed E-state index contributed by atoms with van der Waals surface area (Å²) < 4.78 is 11.5. The predicted octanol–water partition coefficient (Wildman–Crippen LogP) is 2.07. The minimum atomic E-state index is -0.0674. The molecule has 0 aliphatic carbocycles. The third kappa shape index (κ3) is 1.90. The zero-order chi connectivity index (χ0) is 13.4. The topological polar surface area (TPSA) is 57.0 Å². The fourth-order valence-electron chi connectivity index (χ4n) is 1.84. The third-order valence-corrected chi connectivity index (χ3v) is 3.73. The molecule has 0 bridgehead atoms. The minimum Gasteiger partial charge on any atom is -0.497 e. The van der Waals surface area contributed by atoms with E-state index in [9.17, 15) is 4.79 Å². The van der Waals surface area contributed by atoms with Crippen molar-refractivity contribution < 1.29 is 4.74 Å². The van der Waals surface area contributed by atoms with Crippen LogP contribution in [0.2, 0.25) is 0 Å². The molecular formula is C13H11N3O2S. The number of hydrogen-bond acceptors (Lipinski definition) is 5. The lowest BCUT2D eigenvalue weighted by Gasteiger charge is -2.01. The molecule has 96 valence electrons. The SMILES string of the molecule is COc1ccc(-c2nsc3c(=O)n(C)cnc23)cc1. The summed E-state index contributed by atoms with van der Waals surface area (Å²) in [7, 11) is 3.31. The lowest BCUT2D eigenvalue weighted by Crippen LogP contribution is -2.15. The molecule has 1 aromatic carbocycles. The molecule has 2 aromatic heterocycles. The fraction of sp³-hybridized carbons (Fsp3) is 0.154. The molecule has 0 atom stereocenters. The number of ether oxygens (including phenoxy) is 1. The summed E-state index contributed by atoms with van der Waals surface area (Å²) in [6.07, 6.45) is 1.52. The molecule has 0 spiro atoms. The Hall–Kier alpha value is -2.21. The second kappa shape index (κ2) is 4.47. The van der Waals surface area contributed by atoms with E-state index in [4.69, 9.17) is 4.74 Å². The highest BCUT2D eigenvalue weighted by Gasteiger charge is 2.13. The summed E-state index contributed by atoms with van der Waals surface area (Å²) in [6, 6.07) is 7.54. The average molecular weight is 273 g/mol. The van der Waals surface area contributed by atoms with Gasteiger partial charge in [-0.1, -0.05) is 0 Å². The highest BCUT2D eigenvalue weighted by molar-refractivity contribution is 7.13. The molecule has 0 saturated carbocycles. The Morgan fingerprint density at radius 1 is 1.26 bits per heavy atom. The summed E-state index contributed by atoms with van der Waals surface area (Å²) in [5, 5.41) is 0. The normalized spacial score (nSPS) is 10.8. The summed E-state index contributed by atoms with van der Waals surface area (Å²) in [4.78, 5) is 16.2. The maximum Gasteiger partial charge on any atom is 0.272 e. The summed E-state index contributed by atoms with van der Waals surface area (Å²) in [5.74, 6) is 0.784. The quantitative estimate of drug-likeness (QED) is 0.717. The lowest BCUT2D eigenvalue weighted by atomic mass is 10.1. The predicted molar refractivity (Wildman–Crippen MR) is 74.6 cm³/mol. The third-order valence-electron chi connectivity index (χ3n) is 2.91. The van der Waals surface area contributed by atoms with Crippen molar-refractivity contribution in [3.63, 3.8) is 0 Å². The van der Waals surface area contributed by atoms with Crippen LogP contribution in [0.15, 0.2) is 35.4 Å². The van der Waals surface area contributed by atoms with E-state index in [2.05, 4.69) is 9.36 Å².